The highest BCUT2D eigenvalue weighted by Crippen LogP contribution is 2.26. The fraction of sp³-hybridized carbons (Fsp3) is 0.100. The lowest BCUT2D eigenvalue weighted by atomic mass is 10.3. The summed E-state index contributed by atoms with van der Waals surface area (Å²) in [5.41, 5.74) is -1.35. The minimum atomic E-state index is -5.11. The molecule has 1 heterocycles. The standard InChI is InChI=1S/C10H3BrF5N3O/c11-5-1-4(12)2-6(13)8(5)19-3-7(17-18-19)9(20)10(14,15)16/h1-3H. The number of hydrogen-bond acceptors (Lipinski definition) is 3. The maximum Gasteiger partial charge on any atom is 0.456 e. The monoisotopic (exact) mass is 355 g/mol. The molecule has 0 amide bonds. The Labute approximate surface area is 116 Å². The molecule has 1 aromatic heterocycles. The molecular formula is C10H3BrF5N3O. The van der Waals surface area contributed by atoms with E-state index in [0.29, 0.717) is 16.9 Å². The molecule has 0 aliphatic rings. The van der Waals surface area contributed by atoms with Gasteiger partial charge in [-0.3, -0.25) is 4.79 Å². The van der Waals surface area contributed by atoms with Crippen LogP contribution in [-0.2, 0) is 0 Å². The molecule has 106 valence electrons. The summed E-state index contributed by atoms with van der Waals surface area (Å²) in [5, 5.41) is 6.25. The highest BCUT2D eigenvalue weighted by atomic mass is 79.9. The van der Waals surface area contributed by atoms with E-state index in [-0.39, 0.29) is 10.2 Å². The fourth-order valence-corrected chi connectivity index (χ4v) is 1.97. The zero-order valence-electron chi connectivity index (χ0n) is 9.25. The van der Waals surface area contributed by atoms with Crippen molar-refractivity contribution in [1.82, 2.24) is 15.0 Å². The number of halogens is 6. The summed E-state index contributed by atoms with van der Waals surface area (Å²) in [4.78, 5) is 10.9. The normalized spacial score (nSPS) is 11.7. The third-order valence-corrected chi connectivity index (χ3v) is 2.80. The lowest BCUT2D eigenvalue weighted by Gasteiger charge is -2.05. The van der Waals surface area contributed by atoms with Gasteiger partial charge in [0, 0.05) is 10.5 Å². The Hall–Kier alpha value is -1.84. The first-order valence-corrected chi connectivity index (χ1v) is 5.68. The highest BCUT2D eigenvalue weighted by molar-refractivity contribution is 9.10. The molecule has 20 heavy (non-hydrogen) atoms. The molecule has 0 unspecified atom stereocenters. The van der Waals surface area contributed by atoms with Crippen molar-refractivity contribution in [2.24, 2.45) is 0 Å². The number of ketones is 1. The van der Waals surface area contributed by atoms with Gasteiger partial charge in [-0.15, -0.1) is 5.10 Å². The molecule has 0 aliphatic heterocycles. The molecule has 1 aromatic carbocycles. The topological polar surface area (TPSA) is 47.8 Å². The number of aromatic nitrogens is 3. The largest absolute Gasteiger partial charge is 0.456 e. The quantitative estimate of drug-likeness (QED) is 0.614. The molecule has 10 heteroatoms. The zero-order chi connectivity index (χ0) is 15.1. The molecule has 0 aliphatic carbocycles. The summed E-state index contributed by atoms with van der Waals surface area (Å²) in [5.74, 6) is -4.17. The van der Waals surface area contributed by atoms with Crippen LogP contribution in [0.5, 0.6) is 0 Å². The molecule has 2 aromatic rings. The third-order valence-electron chi connectivity index (χ3n) is 2.19. The van der Waals surface area contributed by atoms with E-state index in [4.69, 9.17) is 0 Å². The second-order valence-corrected chi connectivity index (χ2v) is 4.45. The Bertz CT molecular complexity index is 659. The van der Waals surface area contributed by atoms with E-state index >= 15 is 0 Å². The van der Waals surface area contributed by atoms with Crippen LogP contribution in [0.25, 0.3) is 5.69 Å². The van der Waals surface area contributed by atoms with Crippen LogP contribution in [0.2, 0.25) is 0 Å². The molecule has 4 nitrogen and oxygen atoms in total. The first kappa shape index (κ1) is 14.6. The number of carbonyl (C=O) groups excluding carboxylic acids is 1. The maximum absolute atomic E-state index is 13.6. The van der Waals surface area contributed by atoms with Crippen LogP contribution in [-0.4, -0.2) is 27.0 Å². The molecule has 2 rings (SSSR count). The molecule has 0 N–H and O–H groups in total. The second-order valence-electron chi connectivity index (χ2n) is 3.59. The Balaban J connectivity index is 2.47. The zero-order valence-corrected chi connectivity index (χ0v) is 10.8. The Kier molecular flexibility index (Phi) is 3.59. The molecule has 0 spiro atoms. The van der Waals surface area contributed by atoms with Gasteiger partial charge in [0.25, 0.3) is 5.78 Å². The maximum atomic E-state index is 13.6. The van der Waals surface area contributed by atoms with Crippen LogP contribution in [0, 0.1) is 11.6 Å². The second kappa shape index (κ2) is 4.93. The van der Waals surface area contributed by atoms with E-state index in [9.17, 15) is 26.7 Å². The predicted octanol–water partition coefficient (Wildman–Crippen LogP) is 3.05. The Morgan fingerprint density at radius 2 is 1.90 bits per heavy atom. The lowest BCUT2D eigenvalue weighted by Crippen LogP contribution is -2.23. The smallest absolute Gasteiger partial charge is 0.282 e. The van der Waals surface area contributed by atoms with Gasteiger partial charge < -0.3 is 0 Å². The van der Waals surface area contributed by atoms with Crippen LogP contribution in [0.1, 0.15) is 10.5 Å². The van der Waals surface area contributed by atoms with Crippen molar-refractivity contribution < 1.29 is 26.7 Å². The van der Waals surface area contributed by atoms with Crippen LogP contribution in [0.3, 0.4) is 0 Å². The van der Waals surface area contributed by atoms with Crippen LogP contribution in [0.4, 0.5) is 22.0 Å². The molecular weight excluding hydrogens is 353 g/mol. The van der Waals surface area contributed by atoms with Gasteiger partial charge in [0.2, 0.25) is 0 Å². The number of nitrogens with zero attached hydrogens (tertiary/aromatic N) is 3. The van der Waals surface area contributed by atoms with E-state index in [0.717, 1.165) is 6.07 Å². The molecule has 0 saturated heterocycles. The predicted molar refractivity (Wildman–Crippen MR) is 59.4 cm³/mol. The van der Waals surface area contributed by atoms with E-state index in [1.807, 2.05) is 0 Å². The van der Waals surface area contributed by atoms with Crippen molar-refractivity contribution >= 4 is 21.7 Å². The van der Waals surface area contributed by atoms with Gasteiger partial charge in [0.1, 0.15) is 11.5 Å². The average Bonchev–Trinajstić information content (AvgIpc) is 2.74. The molecule has 0 radical (unpaired) electrons. The lowest BCUT2D eigenvalue weighted by molar-refractivity contribution is -0.0888. The van der Waals surface area contributed by atoms with Crippen molar-refractivity contribution in [1.29, 1.82) is 0 Å². The van der Waals surface area contributed by atoms with Crippen molar-refractivity contribution in [2.75, 3.05) is 0 Å². The SMILES string of the molecule is O=C(c1cn(-c2c(F)cc(F)cc2Br)nn1)C(F)(F)F. The van der Waals surface area contributed by atoms with Gasteiger partial charge in [-0.05, 0) is 22.0 Å². The highest BCUT2D eigenvalue weighted by Gasteiger charge is 2.41. The van der Waals surface area contributed by atoms with E-state index in [1.165, 1.54) is 0 Å². The number of hydrogen-bond donors (Lipinski definition) is 0. The van der Waals surface area contributed by atoms with Gasteiger partial charge in [-0.2, -0.15) is 13.2 Å². The van der Waals surface area contributed by atoms with Crippen LogP contribution >= 0.6 is 15.9 Å². The van der Waals surface area contributed by atoms with E-state index in [1.54, 1.807) is 0 Å². The Morgan fingerprint density at radius 3 is 2.45 bits per heavy atom. The van der Waals surface area contributed by atoms with Crippen LogP contribution < -0.4 is 0 Å². The summed E-state index contributed by atoms with van der Waals surface area (Å²) in [7, 11) is 0. The summed E-state index contributed by atoms with van der Waals surface area (Å²) in [6.45, 7) is 0. The fourth-order valence-electron chi connectivity index (χ4n) is 1.38. The van der Waals surface area contributed by atoms with Crippen molar-refractivity contribution in [3.8, 4) is 5.69 Å². The first-order chi connectivity index (χ1) is 9.20. The average molecular weight is 356 g/mol. The van der Waals surface area contributed by atoms with E-state index < -0.39 is 29.3 Å². The van der Waals surface area contributed by atoms with Gasteiger partial charge in [0.15, 0.2) is 11.5 Å². The number of Topliss-reactive ketones (excluding diaryl/α,β-unsaturated/α-hetero) is 1. The van der Waals surface area contributed by atoms with Gasteiger partial charge >= 0.3 is 6.18 Å². The number of alkyl halides is 3. The van der Waals surface area contributed by atoms with E-state index in [2.05, 4.69) is 26.2 Å². The molecule has 0 bridgehead atoms. The minimum absolute atomic E-state index is 0.0918. The van der Waals surface area contributed by atoms with Crippen molar-refractivity contribution in [3.63, 3.8) is 0 Å². The van der Waals surface area contributed by atoms with Crippen LogP contribution in [0.15, 0.2) is 22.8 Å². The third kappa shape index (κ3) is 2.69. The summed E-state index contributed by atoms with van der Waals surface area (Å²) in [6, 6.07) is 1.42. The van der Waals surface area contributed by atoms with Gasteiger partial charge in [-0.1, -0.05) is 5.21 Å². The summed E-state index contributed by atoms with van der Waals surface area (Å²) >= 11 is 2.84. The summed E-state index contributed by atoms with van der Waals surface area (Å²) < 4.78 is 63.6. The molecule has 0 atom stereocenters. The van der Waals surface area contributed by atoms with Gasteiger partial charge in [-0.25, -0.2) is 13.5 Å². The molecule has 0 fully saturated rings. The Morgan fingerprint density at radius 1 is 1.25 bits per heavy atom. The number of carbonyl (C=O) groups is 1. The first-order valence-electron chi connectivity index (χ1n) is 4.89. The van der Waals surface area contributed by atoms with Crippen molar-refractivity contribution in [2.45, 2.75) is 6.18 Å². The number of benzene rings is 1. The minimum Gasteiger partial charge on any atom is -0.282 e. The number of rotatable bonds is 2. The summed E-state index contributed by atoms with van der Waals surface area (Å²) in [6.07, 6.45) is -4.50. The van der Waals surface area contributed by atoms with Gasteiger partial charge in [0.05, 0.1) is 6.20 Å². The van der Waals surface area contributed by atoms with Crippen molar-refractivity contribution in [3.05, 3.63) is 40.1 Å². The molecule has 0 saturated carbocycles.